The lowest BCUT2D eigenvalue weighted by Gasteiger charge is -2.09. The molecule has 21 heavy (non-hydrogen) atoms. The number of hydrogen-bond donors (Lipinski definition) is 1. The van der Waals surface area contributed by atoms with Crippen molar-refractivity contribution in [1.29, 1.82) is 0 Å². The Hall–Kier alpha value is -1.33. The Morgan fingerprint density at radius 2 is 1.62 bits per heavy atom. The molecule has 3 rings (SSSR count). The topological polar surface area (TPSA) is 33.6 Å². The number of halogens is 3. The number of benzene rings is 2. The number of aromatic nitrogens is 3. The first-order chi connectivity index (χ1) is 10.1. The molecule has 0 aliphatic heterocycles. The summed E-state index contributed by atoms with van der Waals surface area (Å²) in [6.07, 6.45) is 0. The van der Waals surface area contributed by atoms with E-state index in [9.17, 15) is 0 Å². The maximum Gasteiger partial charge on any atom is 0.200 e. The zero-order valence-corrected chi connectivity index (χ0v) is 13.6. The van der Waals surface area contributed by atoms with E-state index in [1.807, 2.05) is 12.1 Å². The van der Waals surface area contributed by atoms with Gasteiger partial charge >= 0.3 is 0 Å². The molecule has 3 aromatic rings. The van der Waals surface area contributed by atoms with Gasteiger partial charge in [0.2, 0.25) is 0 Å². The van der Waals surface area contributed by atoms with Crippen LogP contribution in [0.5, 0.6) is 0 Å². The molecule has 0 saturated carbocycles. The van der Waals surface area contributed by atoms with Crippen LogP contribution in [0, 0.1) is 4.77 Å². The van der Waals surface area contributed by atoms with E-state index in [1.54, 1.807) is 34.9 Å². The molecule has 2 aromatic carbocycles. The fourth-order valence-corrected chi connectivity index (χ4v) is 2.83. The van der Waals surface area contributed by atoms with Gasteiger partial charge in [0.1, 0.15) is 0 Å². The molecule has 1 aromatic heterocycles. The number of nitrogens with zero attached hydrogens (tertiary/aromatic N) is 2. The Bertz CT molecular complexity index is 853. The van der Waals surface area contributed by atoms with E-state index in [0.717, 1.165) is 5.56 Å². The molecule has 0 bridgehead atoms. The van der Waals surface area contributed by atoms with Gasteiger partial charge < -0.3 is 0 Å². The van der Waals surface area contributed by atoms with Crippen molar-refractivity contribution in [1.82, 2.24) is 14.8 Å². The lowest BCUT2D eigenvalue weighted by molar-refractivity contribution is 1.04. The summed E-state index contributed by atoms with van der Waals surface area (Å²) in [7, 11) is 0. The second kappa shape index (κ2) is 5.81. The zero-order valence-electron chi connectivity index (χ0n) is 10.5. The van der Waals surface area contributed by atoms with E-state index in [2.05, 4.69) is 10.2 Å². The summed E-state index contributed by atoms with van der Waals surface area (Å²) in [5.74, 6) is 0.654. The van der Waals surface area contributed by atoms with Crippen molar-refractivity contribution in [2.75, 3.05) is 0 Å². The minimum absolute atomic E-state index is 0.448. The van der Waals surface area contributed by atoms with Gasteiger partial charge in [-0.05, 0) is 54.7 Å². The largest absolute Gasteiger partial charge is 0.267 e. The van der Waals surface area contributed by atoms with Crippen LogP contribution in [0.25, 0.3) is 17.1 Å². The van der Waals surface area contributed by atoms with Gasteiger partial charge in [-0.3, -0.25) is 9.67 Å². The van der Waals surface area contributed by atoms with E-state index in [0.29, 0.717) is 31.4 Å². The fraction of sp³-hybridized carbons (Fsp3) is 0. The third-order valence-electron chi connectivity index (χ3n) is 2.93. The normalized spacial score (nSPS) is 10.8. The fourth-order valence-electron chi connectivity index (χ4n) is 1.98. The van der Waals surface area contributed by atoms with Crippen molar-refractivity contribution in [3.05, 3.63) is 62.3 Å². The van der Waals surface area contributed by atoms with Crippen LogP contribution in [-0.2, 0) is 0 Å². The molecule has 0 fully saturated rings. The van der Waals surface area contributed by atoms with Gasteiger partial charge in [-0.2, -0.15) is 5.10 Å². The number of H-pyrrole nitrogens is 1. The Balaban J connectivity index is 2.22. The van der Waals surface area contributed by atoms with Crippen LogP contribution in [-0.4, -0.2) is 14.8 Å². The van der Waals surface area contributed by atoms with E-state index in [1.165, 1.54) is 0 Å². The molecule has 0 radical (unpaired) electrons. The molecule has 0 aliphatic carbocycles. The number of aromatic amines is 1. The van der Waals surface area contributed by atoms with Gasteiger partial charge in [0.25, 0.3) is 0 Å². The summed E-state index contributed by atoms with van der Waals surface area (Å²) < 4.78 is 2.21. The van der Waals surface area contributed by atoms with Crippen molar-refractivity contribution in [2.24, 2.45) is 0 Å². The Morgan fingerprint density at radius 1 is 0.952 bits per heavy atom. The summed E-state index contributed by atoms with van der Waals surface area (Å²) in [4.78, 5) is 0. The minimum Gasteiger partial charge on any atom is -0.267 e. The van der Waals surface area contributed by atoms with Gasteiger partial charge in [-0.15, -0.1) is 0 Å². The van der Waals surface area contributed by atoms with Crippen LogP contribution in [0.1, 0.15) is 0 Å². The van der Waals surface area contributed by atoms with E-state index in [-0.39, 0.29) is 0 Å². The van der Waals surface area contributed by atoms with Crippen LogP contribution in [0.2, 0.25) is 15.1 Å². The number of rotatable bonds is 2. The summed E-state index contributed by atoms with van der Waals surface area (Å²) in [5, 5.41) is 8.76. The number of nitrogens with one attached hydrogen (secondary N) is 1. The van der Waals surface area contributed by atoms with E-state index < -0.39 is 0 Å². The maximum atomic E-state index is 6.26. The van der Waals surface area contributed by atoms with Gasteiger partial charge in [-0.1, -0.05) is 34.8 Å². The van der Waals surface area contributed by atoms with Gasteiger partial charge in [0.15, 0.2) is 10.6 Å². The lowest BCUT2D eigenvalue weighted by Crippen LogP contribution is -1.98. The number of hydrogen-bond acceptors (Lipinski definition) is 2. The Labute approximate surface area is 141 Å². The average Bonchev–Trinajstić information content (AvgIpc) is 2.82. The standard InChI is InChI=1S/C14H8Cl3N3S/c15-9-3-1-8(2-4-9)13-18-19-14(21)20(13)12-6-5-10(16)7-11(12)17/h1-7H,(H,19,21). The highest BCUT2D eigenvalue weighted by atomic mass is 35.5. The van der Waals surface area contributed by atoms with Crippen LogP contribution in [0.4, 0.5) is 0 Å². The van der Waals surface area contributed by atoms with Crippen molar-refractivity contribution < 1.29 is 0 Å². The molecule has 0 spiro atoms. The Morgan fingerprint density at radius 3 is 2.29 bits per heavy atom. The average molecular weight is 357 g/mol. The molecule has 3 nitrogen and oxygen atoms in total. The molecule has 1 N–H and O–H groups in total. The molecule has 0 unspecified atom stereocenters. The molecule has 1 heterocycles. The summed E-state index contributed by atoms with van der Waals surface area (Å²) in [6.45, 7) is 0. The quantitative estimate of drug-likeness (QED) is 0.610. The Kier molecular flexibility index (Phi) is 4.04. The molecule has 7 heteroatoms. The zero-order chi connectivity index (χ0) is 15.0. The highest BCUT2D eigenvalue weighted by Crippen LogP contribution is 2.29. The van der Waals surface area contributed by atoms with Crippen molar-refractivity contribution in [2.45, 2.75) is 0 Å². The SMILES string of the molecule is S=c1[nH]nc(-c2ccc(Cl)cc2)n1-c1ccc(Cl)cc1Cl. The highest BCUT2D eigenvalue weighted by molar-refractivity contribution is 7.71. The third kappa shape index (κ3) is 2.85. The summed E-state index contributed by atoms with van der Waals surface area (Å²) >= 11 is 23.4. The first-order valence-corrected chi connectivity index (χ1v) is 7.49. The molecule has 106 valence electrons. The van der Waals surface area contributed by atoms with E-state index >= 15 is 0 Å². The molecule has 0 amide bonds. The molecular weight excluding hydrogens is 349 g/mol. The summed E-state index contributed by atoms with van der Waals surface area (Å²) in [5.41, 5.74) is 1.59. The first-order valence-electron chi connectivity index (χ1n) is 5.95. The third-order valence-corrected chi connectivity index (χ3v) is 3.99. The van der Waals surface area contributed by atoms with Crippen LogP contribution < -0.4 is 0 Å². The van der Waals surface area contributed by atoms with Gasteiger partial charge in [-0.25, -0.2) is 0 Å². The maximum absolute atomic E-state index is 6.26. The second-order valence-electron chi connectivity index (χ2n) is 4.29. The minimum atomic E-state index is 0.448. The van der Waals surface area contributed by atoms with Gasteiger partial charge in [0.05, 0.1) is 10.7 Å². The van der Waals surface area contributed by atoms with Gasteiger partial charge in [0, 0.05) is 15.6 Å². The van der Waals surface area contributed by atoms with Crippen LogP contribution >= 0.6 is 47.0 Å². The van der Waals surface area contributed by atoms with Crippen molar-refractivity contribution in [3.8, 4) is 17.1 Å². The second-order valence-corrected chi connectivity index (χ2v) is 5.96. The van der Waals surface area contributed by atoms with E-state index in [4.69, 9.17) is 47.0 Å². The predicted molar refractivity (Wildman–Crippen MR) is 89.2 cm³/mol. The summed E-state index contributed by atoms with van der Waals surface area (Å²) in [6, 6.07) is 12.5. The van der Waals surface area contributed by atoms with Crippen LogP contribution in [0.3, 0.4) is 0 Å². The molecule has 0 atom stereocenters. The molecule has 0 saturated heterocycles. The van der Waals surface area contributed by atoms with Crippen molar-refractivity contribution in [3.63, 3.8) is 0 Å². The predicted octanol–water partition coefficient (Wildman–Crippen LogP) is 5.56. The highest BCUT2D eigenvalue weighted by Gasteiger charge is 2.13. The molecular formula is C14H8Cl3N3S. The monoisotopic (exact) mass is 355 g/mol. The first kappa shape index (κ1) is 14.6. The van der Waals surface area contributed by atoms with Crippen molar-refractivity contribution >= 4 is 47.0 Å². The lowest BCUT2D eigenvalue weighted by atomic mass is 10.2. The molecule has 0 aliphatic rings. The van der Waals surface area contributed by atoms with Crippen LogP contribution in [0.15, 0.2) is 42.5 Å². The smallest absolute Gasteiger partial charge is 0.200 e.